The number of rotatable bonds is 4. The number of carboxylic acid groups (broad SMARTS) is 1. The van der Waals surface area contributed by atoms with Gasteiger partial charge in [-0.2, -0.15) is 0 Å². The minimum Gasteiger partial charge on any atom is -0.481 e. The molecule has 19 heavy (non-hydrogen) atoms. The average molecular weight is 262 g/mol. The maximum absolute atomic E-state index is 10.9. The summed E-state index contributed by atoms with van der Waals surface area (Å²) in [5.41, 5.74) is 9.21. The van der Waals surface area contributed by atoms with Crippen LogP contribution in [0.2, 0.25) is 0 Å². The van der Waals surface area contributed by atoms with Crippen LogP contribution in [0.15, 0.2) is 18.2 Å². The number of piperidine rings is 1. The Balaban J connectivity index is 1.95. The third kappa shape index (κ3) is 3.70. The van der Waals surface area contributed by atoms with Crippen molar-refractivity contribution in [2.24, 2.45) is 5.92 Å². The van der Waals surface area contributed by atoms with Crippen molar-refractivity contribution in [2.45, 2.75) is 32.7 Å². The van der Waals surface area contributed by atoms with E-state index in [1.807, 2.05) is 12.1 Å². The standard InChI is InChI=1S/C15H22N2O2/c1-2-11-7-12(9-14(16)8-11)10-17-5-3-13(4-6-17)15(18)19/h7-9,13H,2-6,10,16H2,1H3,(H,18,19). The number of anilines is 1. The number of nitrogens with two attached hydrogens (primary N) is 1. The molecule has 1 aliphatic heterocycles. The molecule has 4 nitrogen and oxygen atoms in total. The topological polar surface area (TPSA) is 66.6 Å². The summed E-state index contributed by atoms with van der Waals surface area (Å²) in [7, 11) is 0. The van der Waals surface area contributed by atoms with Gasteiger partial charge in [-0.05, 0) is 55.6 Å². The monoisotopic (exact) mass is 262 g/mol. The summed E-state index contributed by atoms with van der Waals surface area (Å²) in [6, 6.07) is 6.22. The van der Waals surface area contributed by atoms with E-state index in [-0.39, 0.29) is 5.92 Å². The molecule has 1 fully saturated rings. The Morgan fingerprint density at radius 2 is 1.95 bits per heavy atom. The molecule has 0 bridgehead atoms. The normalized spacial score (nSPS) is 17.5. The van der Waals surface area contributed by atoms with Crippen LogP contribution in [0.4, 0.5) is 5.69 Å². The summed E-state index contributed by atoms with van der Waals surface area (Å²) in [5.74, 6) is -0.819. The molecule has 104 valence electrons. The molecule has 0 radical (unpaired) electrons. The minimum atomic E-state index is -0.656. The number of likely N-dealkylation sites (tertiary alicyclic amines) is 1. The van der Waals surface area contributed by atoms with Crippen molar-refractivity contribution >= 4 is 11.7 Å². The van der Waals surface area contributed by atoms with E-state index >= 15 is 0 Å². The zero-order chi connectivity index (χ0) is 13.8. The maximum atomic E-state index is 10.9. The first-order valence-electron chi connectivity index (χ1n) is 6.92. The molecule has 0 unspecified atom stereocenters. The number of carboxylic acids is 1. The van der Waals surface area contributed by atoms with Crippen molar-refractivity contribution in [3.05, 3.63) is 29.3 Å². The second-order valence-electron chi connectivity index (χ2n) is 5.33. The number of carbonyl (C=O) groups is 1. The van der Waals surface area contributed by atoms with Gasteiger partial charge in [-0.15, -0.1) is 0 Å². The van der Waals surface area contributed by atoms with Crippen LogP contribution in [0.25, 0.3) is 0 Å². The van der Waals surface area contributed by atoms with Gasteiger partial charge < -0.3 is 10.8 Å². The summed E-state index contributed by atoms with van der Waals surface area (Å²) in [4.78, 5) is 13.2. The van der Waals surface area contributed by atoms with E-state index in [0.29, 0.717) is 0 Å². The lowest BCUT2D eigenvalue weighted by molar-refractivity contribution is -0.143. The first kappa shape index (κ1) is 13.9. The van der Waals surface area contributed by atoms with E-state index in [1.165, 1.54) is 11.1 Å². The number of aliphatic carboxylic acids is 1. The fourth-order valence-electron chi connectivity index (χ4n) is 2.68. The van der Waals surface area contributed by atoms with Crippen LogP contribution in [0.3, 0.4) is 0 Å². The first-order chi connectivity index (χ1) is 9.08. The van der Waals surface area contributed by atoms with Crippen molar-refractivity contribution in [3.8, 4) is 0 Å². The first-order valence-corrected chi connectivity index (χ1v) is 6.92. The van der Waals surface area contributed by atoms with Gasteiger partial charge in [0.25, 0.3) is 0 Å². The molecule has 0 spiro atoms. The van der Waals surface area contributed by atoms with Crippen LogP contribution >= 0.6 is 0 Å². The number of aryl methyl sites for hydroxylation is 1. The fourth-order valence-corrected chi connectivity index (χ4v) is 2.68. The van der Waals surface area contributed by atoms with Gasteiger partial charge in [0.1, 0.15) is 0 Å². The highest BCUT2D eigenvalue weighted by Crippen LogP contribution is 2.20. The van der Waals surface area contributed by atoms with Gasteiger partial charge in [0.2, 0.25) is 0 Å². The Kier molecular flexibility index (Phi) is 4.43. The van der Waals surface area contributed by atoms with Gasteiger partial charge in [0, 0.05) is 12.2 Å². The molecule has 0 aromatic heterocycles. The van der Waals surface area contributed by atoms with Crippen LogP contribution in [-0.4, -0.2) is 29.1 Å². The third-order valence-electron chi connectivity index (χ3n) is 3.83. The molecule has 1 aromatic rings. The van der Waals surface area contributed by atoms with Gasteiger partial charge >= 0.3 is 5.97 Å². The summed E-state index contributed by atoms with van der Waals surface area (Å²) in [6.45, 7) is 4.70. The summed E-state index contributed by atoms with van der Waals surface area (Å²) < 4.78 is 0. The highest BCUT2D eigenvalue weighted by atomic mass is 16.4. The second kappa shape index (κ2) is 6.06. The van der Waals surface area contributed by atoms with Crippen molar-refractivity contribution in [2.75, 3.05) is 18.8 Å². The second-order valence-corrected chi connectivity index (χ2v) is 5.33. The van der Waals surface area contributed by atoms with E-state index in [4.69, 9.17) is 10.8 Å². The molecule has 1 aromatic carbocycles. The highest BCUT2D eigenvalue weighted by Gasteiger charge is 2.24. The molecule has 0 atom stereocenters. The average Bonchev–Trinajstić information content (AvgIpc) is 2.38. The van der Waals surface area contributed by atoms with Gasteiger partial charge in [-0.1, -0.05) is 13.0 Å². The molecular weight excluding hydrogens is 240 g/mol. The van der Waals surface area contributed by atoms with Crippen LogP contribution in [0.5, 0.6) is 0 Å². The SMILES string of the molecule is CCc1cc(N)cc(CN2CCC(C(=O)O)CC2)c1. The van der Waals surface area contributed by atoms with Crippen LogP contribution < -0.4 is 5.73 Å². The van der Waals surface area contributed by atoms with Crippen LogP contribution in [0.1, 0.15) is 30.9 Å². The van der Waals surface area contributed by atoms with Crippen molar-refractivity contribution < 1.29 is 9.90 Å². The Hall–Kier alpha value is -1.55. The number of benzene rings is 1. The summed E-state index contributed by atoms with van der Waals surface area (Å²) in [5, 5.41) is 8.98. The predicted octanol–water partition coefficient (Wildman–Crippen LogP) is 2.13. The Labute approximate surface area is 114 Å². The number of nitrogens with zero attached hydrogens (tertiary/aromatic N) is 1. The molecule has 0 amide bonds. The molecule has 0 aliphatic carbocycles. The Morgan fingerprint density at radius 3 is 2.53 bits per heavy atom. The molecule has 1 saturated heterocycles. The molecular formula is C15H22N2O2. The molecule has 4 heteroatoms. The summed E-state index contributed by atoms with van der Waals surface area (Å²) >= 11 is 0. The minimum absolute atomic E-state index is 0.164. The molecule has 0 saturated carbocycles. The van der Waals surface area contributed by atoms with E-state index in [2.05, 4.69) is 17.9 Å². The number of nitrogen functional groups attached to an aromatic ring is 1. The van der Waals surface area contributed by atoms with Crippen LogP contribution in [0, 0.1) is 5.92 Å². The van der Waals surface area contributed by atoms with Crippen LogP contribution in [-0.2, 0) is 17.8 Å². The largest absolute Gasteiger partial charge is 0.481 e. The molecule has 1 heterocycles. The van der Waals surface area contributed by atoms with Gasteiger partial charge in [0.15, 0.2) is 0 Å². The quantitative estimate of drug-likeness (QED) is 0.816. The van der Waals surface area contributed by atoms with Gasteiger partial charge in [-0.3, -0.25) is 9.69 Å². The summed E-state index contributed by atoms with van der Waals surface area (Å²) in [6.07, 6.45) is 2.48. The Bertz CT molecular complexity index is 451. The zero-order valence-corrected chi connectivity index (χ0v) is 11.4. The highest BCUT2D eigenvalue weighted by molar-refractivity contribution is 5.70. The van der Waals surface area contributed by atoms with E-state index in [0.717, 1.165) is 44.6 Å². The van der Waals surface area contributed by atoms with Gasteiger partial charge in [0.05, 0.1) is 5.92 Å². The lowest BCUT2D eigenvalue weighted by Crippen LogP contribution is -2.35. The lowest BCUT2D eigenvalue weighted by atomic mass is 9.96. The lowest BCUT2D eigenvalue weighted by Gasteiger charge is -2.30. The van der Waals surface area contributed by atoms with Gasteiger partial charge in [-0.25, -0.2) is 0 Å². The maximum Gasteiger partial charge on any atom is 0.306 e. The fraction of sp³-hybridized carbons (Fsp3) is 0.533. The zero-order valence-electron chi connectivity index (χ0n) is 11.4. The van der Waals surface area contributed by atoms with Crippen molar-refractivity contribution in [1.29, 1.82) is 0 Å². The van der Waals surface area contributed by atoms with E-state index < -0.39 is 5.97 Å². The third-order valence-corrected chi connectivity index (χ3v) is 3.83. The number of hydrogen-bond acceptors (Lipinski definition) is 3. The van der Waals surface area contributed by atoms with Crippen molar-refractivity contribution in [1.82, 2.24) is 4.90 Å². The molecule has 2 rings (SSSR count). The smallest absolute Gasteiger partial charge is 0.306 e. The number of hydrogen-bond donors (Lipinski definition) is 2. The molecule has 1 aliphatic rings. The van der Waals surface area contributed by atoms with E-state index in [9.17, 15) is 4.79 Å². The van der Waals surface area contributed by atoms with E-state index in [1.54, 1.807) is 0 Å². The Morgan fingerprint density at radius 1 is 1.32 bits per heavy atom. The predicted molar refractivity (Wildman–Crippen MR) is 75.9 cm³/mol. The van der Waals surface area contributed by atoms with Crippen molar-refractivity contribution in [3.63, 3.8) is 0 Å². The molecule has 3 N–H and O–H groups in total.